The molecule has 0 radical (unpaired) electrons. The number of hydrogen-bond donors (Lipinski definition) is 1. The van der Waals surface area contributed by atoms with Crippen molar-refractivity contribution in [2.24, 2.45) is 11.7 Å². The maximum atomic E-state index is 12.3. The van der Waals surface area contributed by atoms with E-state index in [2.05, 4.69) is 0 Å². The van der Waals surface area contributed by atoms with Crippen molar-refractivity contribution in [2.45, 2.75) is 57.0 Å². The maximum Gasteiger partial charge on any atom is 0.136 e. The van der Waals surface area contributed by atoms with Crippen LogP contribution in [0.4, 0.5) is 0 Å². The molecule has 0 aromatic rings. The third kappa shape index (κ3) is 4.47. The van der Waals surface area contributed by atoms with E-state index in [1.54, 1.807) is 0 Å². The topological polar surface area (TPSA) is 52.3 Å². The highest BCUT2D eigenvalue weighted by atomic mass is 32.2. The molecule has 0 aliphatic carbocycles. The van der Waals surface area contributed by atoms with E-state index in [0.717, 1.165) is 70.3 Å². The summed E-state index contributed by atoms with van der Waals surface area (Å²) >= 11 is 1.97. The zero-order valence-corrected chi connectivity index (χ0v) is 12.7. The Kier molecular flexibility index (Phi) is 6.17. The van der Waals surface area contributed by atoms with Gasteiger partial charge in [-0.2, -0.15) is 11.8 Å². The molecular formula is C15H27NO2S. The molecule has 1 spiro atoms. The Morgan fingerprint density at radius 2 is 2.16 bits per heavy atom. The van der Waals surface area contributed by atoms with Crippen molar-refractivity contribution >= 4 is 17.5 Å². The van der Waals surface area contributed by atoms with Gasteiger partial charge in [-0.1, -0.05) is 12.8 Å². The van der Waals surface area contributed by atoms with Crippen LogP contribution in [0.3, 0.4) is 0 Å². The largest absolute Gasteiger partial charge is 0.374 e. The summed E-state index contributed by atoms with van der Waals surface area (Å²) in [6.45, 7) is 1.55. The Hall–Kier alpha value is -0.0600. The number of nitrogens with two attached hydrogens (primary N) is 1. The van der Waals surface area contributed by atoms with Gasteiger partial charge in [-0.05, 0) is 44.4 Å². The number of Topliss-reactive ketones (excluding diaryl/α,β-unsaturated/α-hetero) is 1. The van der Waals surface area contributed by atoms with E-state index in [1.807, 2.05) is 11.8 Å². The van der Waals surface area contributed by atoms with Crippen LogP contribution in [0.25, 0.3) is 0 Å². The predicted octanol–water partition coefficient (Wildman–Crippen LogP) is 2.77. The SMILES string of the molecule is NCCCCCCC(=O)C1CCOC2(CCSC2)C1. The Morgan fingerprint density at radius 1 is 1.32 bits per heavy atom. The van der Waals surface area contributed by atoms with Crippen LogP contribution in [0, 0.1) is 5.92 Å². The summed E-state index contributed by atoms with van der Waals surface area (Å²) in [5.74, 6) is 3.03. The van der Waals surface area contributed by atoms with Crippen LogP contribution < -0.4 is 5.73 Å². The highest BCUT2D eigenvalue weighted by Gasteiger charge is 2.42. The van der Waals surface area contributed by atoms with Gasteiger partial charge in [0.15, 0.2) is 0 Å². The molecule has 2 rings (SSSR count). The molecular weight excluding hydrogens is 258 g/mol. The maximum absolute atomic E-state index is 12.3. The summed E-state index contributed by atoms with van der Waals surface area (Å²) in [5.41, 5.74) is 5.52. The number of rotatable bonds is 7. The van der Waals surface area contributed by atoms with Crippen LogP contribution in [0.1, 0.15) is 51.4 Å². The smallest absolute Gasteiger partial charge is 0.136 e. The molecule has 2 atom stereocenters. The lowest BCUT2D eigenvalue weighted by Crippen LogP contribution is -2.42. The van der Waals surface area contributed by atoms with Gasteiger partial charge >= 0.3 is 0 Å². The predicted molar refractivity (Wildman–Crippen MR) is 80.5 cm³/mol. The summed E-state index contributed by atoms with van der Waals surface area (Å²) < 4.78 is 5.98. The molecule has 0 amide bonds. The van der Waals surface area contributed by atoms with E-state index >= 15 is 0 Å². The number of hydrogen-bond acceptors (Lipinski definition) is 4. The van der Waals surface area contributed by atoms with Crippen LogP contribution in [0.2, 0.25) is 0 Å². The Bertz CT molecular complexity index is 290. The first-order chi connectivity index (χ1) is 9.26. The zero-order chi connectivity index (χ0) is 13.6. The Labute approximate surface area is 121 Å². The van der Waals surface area contributed by atoms with Gasteiger partial charge < -0.3 is 10.5 Å². The molecule has 0 saturated carbocycles. The van der Waals surface area contributed by atoms with Crippen LogP contribution in [0.15, 0.2) is 0 Å². The van der Waals surface area contributed by atoms with Gasteiger partial charge in [0.05, 0.1) is 5.60 Å². The van der Waals surface area contributed by atoms with Crippen molar-refractivity contribution in [3.63, 3.8) is 0 Å². The number of carbonyl (C=O) groups is 1. The van der Waals surface area contributed by atoms with Crippen LogP contribution >= 0.6 is 11.8 Å². The summed E-state index contributed by atoms with van der Waals surface area (Å²) in [5, 5.41) is 0. The summed E-state index contributed by atoms with van der Waals surface area (Å²) in [6, 6.07) is 0. The monoisotopic (exact) mass is 285 g/mol. The van der Waals surface area contributed by atoms with Gasteiger partial charge in [0.25, 0.3) is 0 Å². The van der Waals surface area contributed by atoms with E-state index < -0.39 is 0 Å². The molecule has 2 aliphatic heterocycles. The molecule has 0 bridgehead atoms. The number of thioether (sulfide) groups is 1. The first-order valence-corrected chi connectivity index (χ1v) is 8.86. The molecule has 2 aliphatic rings. The molecule has 2 fully saturated rings. The lowest BCUT2D eigenvalue weighted by atomic mass is 9.82. The van der Waals surface area contributed by atoms with Gasteiger partial charge in [-0.3, -0.25) is 4.79 Å². The van der Waals surface area contributed by atoms with E-state index in [1.165, 1.54) is 5.75 Å². The molecule has 2 saturated heterocycles. The summed E-state index contributed by atoms with van der Waals surface area (Å²) in [7, 11) is 0. The van der Waals surface area contributed by atoms with Crippen molar-refractivity contribution < 1.29 is 9.53 Å². The average molecular weight is 285 g/mol. The fourth-order valence-corrected chi connectivity index (χ4v) is 4.55. The molecule has 2 heterocycles. The molecule has 0 aromatic heterocycles. The van der Waals surface area contributed by atoms with Gasteiger partial charge in [-0.15, -0.1) is 0 Å². The minimum Gasteiger partial charge on any atom is -0.374 e. The van der Waals surface area contributed by atoms with Gasteiger partial charge in [0, 0.05) is 24.7 Å². The van der Waals surface area contributed by atoms with Crippen molar-refractivity contribution in [3.8, 4) is 0 Å². The molecule has 3 nitrogen and oxygen atoms in total. The van der Waals surface area contributed by atoms with Crippen LogP contribution in [-0.2, 0) is 9.53 Å². The normalized spacial score (nSPS) is 30.9. The molecule has 110 valence electrons. The van der Waals surface area contributed by atoms with Crippen LogP contribution in [0.5, 0.6) is 0 Å². The Morgan fingerprint density at radius 3 is 2.89 bits per heavy atom. The molecule has 4 heteroatoms. The number of carbonyl (C=O) groups excluding carboxylic acids is 1. The highest BCUT2D eigenvalue weighted by Crippen LogP contribution is 2.40. The molecule has 0 aromatic carbocycles. The van der Waals surface area contributed by atoms with Gasteiger partial charge in [0.1, 0.15) is 5.78 Å². The van der Waals surface area contributed by atoms with Crippen molar-refractivity contribution in [1.82, 2.24) is 0 Å². The van der Waals surface area contributed by atoms with E-state index in [9.17, 15) is 4.79 Å². The third-order valence-electron chi connectivity index (χ3n) is 4.39. The van der Waals surface area contributed by atoms with E-state index in [-0.39, 0.29) is 11.5 Å². The minimum atomic E-state index is 0.0444. The van der Waals surface area contributed by atoms with Crippen molar-refractivity contribution in [2.75, 3.05) is 24.7 Å². The highest BCUT2D eigenvalue weighted by molar-refractivity contribution is 7.99. The second-order valence-electron chi connectivity index (χ2n) is 5.94. The van der Waals surface area contributed by atoms with Gasteiger partial charge in [-0.25, -0.2) is 0 Å². The standard InChI is InChI=1S/C15H27NO2S/c16-8-4-2-1-3-5-14(17)13-6-9-18-15(11-13)7-10-19-12-15/h13H,1-12,16H2. The summed E-state index contributed by atoms with van der Waals surface area (Å²) in [4.78, 5) is 12.3. The molecule has 19 heavy (non-hydrogen) atoms. The second kappa shape index (κ2) is 7.65. The lowest BCUT2D eigenvalue weighted by molar-refractivity contribution is -0.134. The van der Waals surface area contributed by atoms with Crippen molar-refractivity contribution in [3.05, 3.63) is 0 Å². The average Bonchev–Trinajstić information content (AvgIpc) is 2.86. The number of unbranched alkanes of at least 4 members (excludes halogenated alkanes) is 3. The fourth-order valence-electron chi connectivity index (χ4n) is 3.17. The van der Waals surface area contributed by atoms with Crippen molar-refractivity contribution in [1.29, 1.82) is 0 Å². The first-order valence-electron chi connectivity index (χ1n) is 7.70. The lowest BCUT2D eigenvalue weighted by Gasteiger charge is -2.37. The zero-order valence-electron chi connectivity index (χ0n) is 11.9. The summed E-state index contributed by atoms with van der Waals surface area (Å²) in [6.07, 6.45) is 8.25. The number of ether oxygens (including phenoxy) is 1. The Balaban J connectivity index is 1.70. The minimum absolute atomic E-state index is 0.0444. The number of ketones is 1. The van der Waals surface area contributed by atoms with Crippen LogP contribution in [-0.4, -0.2) is 36.0 Å². The fraction of sp³-hybridized carbons (Fsp3) is 0.933. The molecule has 2 N–H and O–H groups in total. The second-order valence-corrected chi connectivity index (χ2v) is 7.05. The quantitative estimate of drug-likeness (QED) is 0.731. The first kappa shape index (κ1) is 15.3. The molecule has 2 unspecified atom stereocenters. The van der Waals surface area contributed by atoms with E-state index in [4.69, 9.17) is 10.5 Å². The third-order valence-corrected chi connectivity index (χ3v) is 5.62. The van der Waals surface area contributed by atoms with Gasteiger partial charge in [0.2, 0.25) is 0 Å². The van der Waals surface area contributed by atoms with E-state index in [0.29, 0.717) is 5.78 Å².